The first kappa shape index (κ1) is 21.6. The molecule has 9 nitrogen and oxygen atoms in total. The molecule has 0 amide bonds. The van der Waals surface area contributed by atoms with Crippen molar-refractivity contribution in [2.24, 2.45) is 0 Å². The number of ether oxygens (including phenoxy) is 1. The van der Waals surface area contributed by atoms with E-state index in [1.54, 1.807) is 12.4 Å². The number of nitrogens with one attached hydrogen (secondary N) is 3. The molecule has 1 fully saturated rings. The van der Waals surface area contributed by atoms with Gasteiger partial charge >= 0.3 is 0 Å². The molecule has 0 spiro atoms. The summed E-state index contributed by atoms with van der Waals surface area (Å²) in [4.78, 5) is 21.3. The second kappa shape index (κ2) is 9.11. The van der Waals surface area contributed by atoms with Crippen molar-refractivity contribution in [3.63, 3.8) is 0 Å². The number of fused-ring (bicyclic) bond motifs is 2. The second-order valence-corrected chi connectivity index (χ2v) is 9.21. The number of pyridine rings is 4. The van der Waals surface area contributed by atoms with Crippen molar-refractivity contribution in [2.45, 2.75) is 18.9 Å². The van der Waals surface area contributed by atoms with Crippen LogP contribution >= 0.6 is 0 Å². The zero-order valence-electron chi connectivity index (χ0n) is 20.0. The third kappa shape index (κ3) is 4.09. The van der Waals surface area contributed by atoms with Crippen molar-refractivity contribution in [2.75, 3.05) is 13.1 Å². The summed E-state index contributed by atoms with van der Waals surface area (Å²) in [7, 11) is 0. The first-order valence-corrected chi connectivity index (χ1v) is 12.4. The third-order valence-electron chi connectivity index (χ3n) is 6.80. The van der Waals surface area contributed by atoms with E-state index in [1.165, 1.54) is 0 Å². The van der Waals surface area contributed by atoms with Crippen LogP contribution in [0.5, 0.6) is 5.75 Å². The summed E-state index contributed by atoms with van der Waals surface area (Å²) in [6.45, 7) is 1.96. The van der Waals surface area contributed by atoms with E-state index in [9.17, 15) is 0 Å². The lowest BCUT2D eigenvalue weighted by atomic mass is 10.1. The molecule has 1 aliphatic heterocycles. The number of nitrogens with zero attached hydrogens (tertiary/aromatic N) is 5. The average Bonchev–Trinajstić information content (AvgIpc) is 3.58. The van der Waals surface area contributed by atoms with Crippen LogP contribution < -0.4 is 10.1 Å². The lowest BCUT2D eigenvalue weighted by Gasteiger charge is -2.23. The Balaban J connectivity index is 1.26. The Kier molecular flexibility index (Phi) is 5.32. The zero-order valence-corrected chi connectivity index (χ0v) is 20.0. The van der Waals surface area contributed by atoms with Crippen LogP contribution in [0.1, 0.15) is 12.8 Å². The molecule has 3 N–H and O–H groups in total. The average molecular weight is 489 g/mol. The van der Waals surface area contributed by atoms with Crippen LogP contribution in [0.25, 0.3) is 55.7 Å². The fourth-order valence-electron chi connectivity index (χ4n) is 4.94. The van der Waals surface area contributed by atoms with Crippen LogP contribution in [-0.4, -0.2) is 54.3 Å². The summed E-state index contributed by atoms with van der Waals surface area (Å²) in [6, 6.07) is 12.1. The predicted octanol–water partition coefficient (Wildman–Crippen LogP) is 4.76. The Bertz CT molecular complexity index is 1700. The van der Waals surface area contributed by atoms with Crippen molar-refractivity contribution in [3.8, 4) is 39.5 Å². The maximum absolute atomic E-state index is 6.20. The molecule has 0 aliphatic carbocycles. The Hall–Kier alpha value is -4.63. The van der Waals surface area contributed by atoms with E-state index in [0.717, 1.165) is 87.4 Å². The molecule has 0 aromatic carbocycles. The normalized spacial score (nSPS) is 14.4. The molecule has 7 heterocycles. The highest BCUT2D eigenvalue weighted by atomic mass is 16.5. The van der Waals surface area contributed by atoms with Gasteiger partial charge in [-0.2, -0.15) is 5.10 Å². The number of hydrogen-bond acceptors (Lipinski definition) is 7. The minimum absolute atomic E-state index is 0.210. The van der Waals surface area contributed by atoms with Gasteiger partial charge in [-0.05, 0) is 61.8 Å². The lowest BCUT2D eigenvalue weighted by molar-refractivity contribution is 0.162. The summed E-state index contributed by atoms with van der Waals surface area (Å²) in [6.07, 6.45) is 13.0. The van der Waals surface area contributed by atoms with Crippen LogP contribution in [0, 0.1) is 0 Å². The number of hydrogen-bond donors (Lipinski definition) is 3. The monoisotopic (exact) mass is 488 g/mol. The molecule has 0 radical (unpaired) electrons. The maximum Gasteiger partial charge on any atom is 0.138 e. The fraction of sp³-hybridized carbons (Fsp3) is 0.179. The molecule has 7 rings (SSSR count). The van der Waals surface area contributed by atoms with Gasteiger partial charge in [0.25, 0.3) is 0 Å². The van der Waals surface area contributed by atoms with Crippen LogP contribution in [-0.2, 0) is 0 Å². The van der Waals surface area contributed by atoms with Gasteiger partial charge in [0.1, 0.15) is 23.2 Å². The number of piperidine rings is 1. The van der Waals surface area contributed by atoms with E-state index in [1.807, 2.05) is 55.1 Å². The van der Waals surface area contributed by atoms with Crippen LogP contribution in [0.3, 0.4) is 0 Å². The lowest BCUT2D eigenvalue weighted by Crippen LogP contribution is -2.34. The van der Waals surface area contributed by atoms with E-state index >= 15 is 0 Å². The van der Waals surface area contributed by atoms with Crippen molar-refractivity contribution in [1.29, 1.82) is 0 Å². The van der Waals surface area contributed by atoms with Gasteiger partial charge in [0.2, 0.25) is 0 Å². The first-order chi connectivity index (χ1) is 18.3. The van der Waals surface area contributed by atoms with Crippen molar-refractivity contribution in [3.05, 3.63) is 73.6 Å². The summed E-state index contributed by atoms with van der Waals surface area (Å²) in [5, 5.41) is 13.1. The Morgan fingerprint density at radius 3 is 2.65 bits per heavy atom. The number of H-pyrrole nitrogens is 2. The molecular formula is C28H24N8O. The number of rotatable bonds is 5. The molecule has 37 heavy (non-hydrogen) atoms. The third-order valence-corrected chi connectivity index (χ3v) is 6.80. The van der Waals surface area contributed by atoms with Crippen LogP contribution in [0.2, 0.25) is 0 Å². The molecule has 0 unspecified atom stereocenters. The molecule has 6 aromatic rings. The van der Waals surface area contributed by atoms with Crippen molar-refractivity contribution in [1.82, 2.24) is 40.4 Å². The van der Waals surface area contributed by atoms with E-state index in [2.05, 4.69) is 46.5 Å². The van der Waals surface area contributed by atoms with Crippen molar-refractivity contribution < 1.29 is 4.74 Å². The molecule has 6 aromatic heterocycles. The highest BCUT2D eigenvalue weighted by molar-refractivity contribution is 6.00. The van der Waals surface area contributed by atoms with Gasteiger partial charge in [0, 0.05) is 46.7 Å². The minimum Gasteiger partial charge on any atom is -0.489 e. The SMILES string of the molecule is c1cncc(-c2ccnc3[nH]c(-c4n[nH]c5cnc(-c6cncc(OC7CCNCC7)c6)cc45)cc23)c1. The fourth-order valence-corrected chi connectivity index (χ4v) is 4.94. The van der Waals surface area contributed by atoms with Gasteiger partial charge in [-0.3, -0.25) is 20.1 Å². The Morgan fingerprint density at radius 1 is 0.838 bits per heavy atom. The van der Waals surface area contributed by atoms with Gasteiger partial charge in [0.05, 0.1) is 29.3 Å². The smallest absolute Gasteiger partial charge is 0.138 e. The number of aromatic amines is 2. The van der Waals surface area contributed by atoms with Crippen LogP contribution in [0.15, 0.2) is 73.6 Å². The van der Waals surface area contributed by atoms with Crippen LogP contribution in [0.4, 0.5) is 0 Å². The quantitative estimate of drug-likeness (QED) is 0.320. The molecule has 9 heteroatoms. The largest absolute Gasteiger partial charge is 0.489 e. The van der Waals surface area contributed by atoms with Crippen molar-refractivity contribution >= 4 is 21.9 Å². The molecule has 0 saturated carbocycles. The Morgan fingerprint density at radius 2 is 1.76 bits per heavy atom. The Labute approximate surface area is 212 Å². The summed E-state index contributed by atoms with van der Waals surface area (Å²) in [5.41, 5.74) is 7.16. The van der Waals surface area contributed by atoms with E-state index in [-0.39, 0.29) is 6.10 Å². The molecule has 0 bridgehead atoms. The topological polar surface area (TPSA) is 117 Å². The second-order valence-electron chi connectivity index (χ2n) is 9.21. The molecular weight excluding hydrogens is 464 g/mol. The summed E-state index contributed by atoms with van der Waals surface area (Å²) < 4.78 is 6.20. The van der Waals surface area contributed by atoms with Gasteiger partial charge in [-0.1, -0.05) is 6.07 Å². The van der Waals surface area contributed by atoms with Gasteiger partial charge in [-0.15, -0.1) is 0 Å². The predicted molar refractivity (Wildman–Crippen MR) is 142 cm³/mol. The highest BCUT2D eigenvalue weighted by Gasteiger charge is 2.17. The minimum atomic E-state index is 0.210. The van der Waals surface area contributed by atoms with Gasteiger partial charge in [0.15, 0.2) is 0 Å². The molecule has 1 aliphatic rings. The highest BCUT2D eigenvalue weighted by Crippen LogP contribution is 2.34. The zero-order chi connectivity index (χ0) is 24.6. The van der Waals surface area contributed by atoms with Gasteiger partial charge < -0.3 is 15.0 Å². The summed E-state index contributed by atoms with van der Waals surface area (Å²) in [5.74, 6) is 0.767. The molecule has 1 saturated heterocycles. The molecule has 0 atom stereocenters. The first-order valence-electron chi connectivity index (χ1n) is 12.4. The summed E-state index contributed by atoms with van der Waals surface area (Å²) >= 11 is 0. The number of aromatic nitrogens is 7. The van der Waals surface area contributed by atoms with Gasteiger partial charge in [-0.25, -0.2) is 4.98 Å². The maximum atomic E-state index is 6.20. The standard InChI is InChI=1S/C28H24N8O/c1-2-17(13-30-6-1)21-5-9-32-28-22(21)11-25(34-28)27-23-12-24(33-16-26(23)35-36-27)18-10-20(15-31-14-18)37-19-3-7-29-8-4-19/h1-2,5-6,9-16,19,29H,3-4,7-8H2,(H,32,34)(H,35,36). The molecule has 182 valence electrons. The van der Waals surface area contributed by atoms with E-state index in [4.69, 9.17) is 4.74 Å². The van der Waals surface area contributed by atoms with E-state index < -0.39 is 0 Å². The van der Waals surface area contributed by atoms with E-state index in [0.29, 0.717) is 0 Å².